The summed E-state index contributed by atoms with van der Waals surface area (Å²) < 4.78 is 39.6. The lowest BCUT2D eigenvalue weighted by atomic mass is 10.1. The van der Waals surface area contributed by atoms with Crippen molar-refractivity contribution in [2.75, 3.05) is 0 Å². The fraction of sp³-hybridized carbons (Fsp3) is 0.333. The second-order valence-corrected chi connectivity index (χ2v) is 5.28. The highest BCUT2D eigenvalue weighted by Crippen LogP contribution is 2.30. The van der Waals surface area contributed by atoms with Gasteiger partial charge < -0.3 is 9.88 Å². The van der Waals surface area contributed by atoms with Crippen molar-refractivity contribution in [1.82, 2.24) is 14.9 Å². The summed E-state index contributed by atoms with van der Waals surface area (Å²) in [5, 5.41) is 2.86. The monoisotopic (exact) mass is 309 g/mol. The summed E-state index contributed by atoms with van der Waals surface area (Å²) in [4.78, 5) is 15.4. The maximum atomic E-state index is 12.6. The minimum atomic E-state index is -4.35. The van der Waals surface area contributed by atoms with E-state index in [4.69, 9.17) is 0 Å². The lowest BCUT2D eigenvalue weighted by molar-refractivity contribution is -0.137. The molecular formula is C15H14F3N3O. The van der Waals surface area contributed by atoms with Crippen LogP contribution in [0.3, 0.4) is 0 Å². The Labute approximate surface area is 125 Å². The topological polar surface area (TPSA) is 46.9 Å². The summed E-state index contributed by atoms with van der Waals surface area (Å²) in [6.45, 7) is 0.558. The lowest BCUT2D eigenvalue weighted by Crippen LogP contribution is -2.29. The molecule has 1 aromatic carbocycles. The summed E-state index contributed by atoms with van der Waals surface area (Å²) in [7, 11) is 0. The van der Waals surface area contributed by atoms with Crippen molar-refractivity contribution < 1.29 is 18.0 Å². The third kappa shape index (κ3) is 2.98. The van der Waals surface area contributed by atoms with Crippen LogP contribution in [0.4, 0.5) is 13.2 Å². The van der Waals surface area contributed by atoms with Gasteiger partial charge in [-0.15, -0.1) is 0 Å². The first-order chi connectivity index (χ1) is 10.4. The van der Waals surface area contributed by atoms with E-state index in [2.05, 4.69) is 10.3 Å². The Hall–Kier alpha value is -2.31. The number of imidazole rings is 1. The molecule has 2 heterocycles. The molecule has 116 valence electrons. The summed E-state index contributed by atoms with van der Waals surface area (Å²) in [5.41, 5.74) is -0.0697. The van der Waals surface area contributed by atoms with Gasteiger partial charge in [-0.1, -0.05) is 12.1 Å². The van der Waals surface area contributed by atoms with Crippen LogP contribution in [0.1, 0.15) is 18.4 Å². The molecule has 0 aliphatic carbocycles. The molecule has 1 atom stereocenters. The van der Waals surface area contributed by atoms with Gasteiger partial charge in [-0.25, -0.2) is 4.98 Å². The Bertz CT molecular complexity index is 676. The van der Waals surface area contributed by atoms with E-state index in [0.717, 1.165) is 18.6 Å². The Morgan fingerprint density at radius 3 is 2.59 bits per heavy atom. The summed E-state index contributed by atoms with van der Waals surface area (Å²) in [6.07, 6.45) is 0.280. The molecule has 1 aliphatic rings. The minimum absolute atomic E-state index is 0.0289. The van der Waals surface area contributed by atoms with Crippen molar-refractivity contribution in [1.29, 1.82) is 0 Å². The number of halogens is 3. The zero-order valence-electron chi connectivity index (χ0n) is 11.6. The molecule has 0 bridgehead atoms. The van der Waals surface area contributed by atoms with Crippen LogP contribution in [0, 0.1) is 0 Å². The summed E-state index contributed by atoms with van der Waals surface area (Å²) in [6, 6.07) is 4.95. The molecule has 3 rings (SSSR count). The third-order valence-electron chi connectivity index (χ3n) is 3.69. The van der Waals surface area contributed by atoms with Crippen molar-refractivity contribution in [2.24, 2.45) is 0 Å². The smallest absolute Gasteiger partial charge is 0.352 e. The van der Waals surface area contributed by atoms with E-state index in [9.17, 15) is 18.0 Å². The molecule has 1 amide bonds. The summed E-state index contributed by atoms with van der Waals surface area (Å²) in [5.74, 6) is 0.621. The zero-order chi connectivity index (χ0) is 15.7. The number of alkyl halides is 3. The van der Waals surface area contributed by atoms with Crippen molar-refractivity contribution in [3.63, 3.8) is 0 Å². The number of nitrogens with one attached hydrogen (secondary N) is 1. The Balaban J connectivity index is 1.81. The average molecular weight is 309 g/mol. The number of carbonyl (C=O) groups excluding carboxylic acids is 1. The fourth-order valence-electron chi connectivity index (χ4n) is 2.58. The molecule has 1 saturated heterocycles. The van der Waals surface area contributed by atoms with Crippen LogP contribution in [-0.4, -0.2) is 21.5 Å². The minimum Gasteiger partial charge on any atom is -0.352 e. The van der Waals surface area contributed by atoms with E-state index in [1.165, 1.54) is 12.1 Å². The number of benzene rings is 1. The highest BCUT2D eigenvalue weighted by Gasteiger charge is 2.30. The predicted molar refractivity (Wildman–Crippen MR) is 73.8 cm³/mol. The van der Waals surface area contributed by atoms with Crippen LogP contribution >= 0.6 is 0 Å². The largest absolute Gasteiger partial charge is 0.416 e. The maximum absolute atomic E-state index is 12.6. The van der Waals surface area contributed by atoms with E-state index in [0.29, 0.717) is 24.4 Å². The number of carbonyl (C=O) groups is 1. The quantitative estimate of drug-likeness (QED) is 0.947. The van der Waals surface area contributed by atoms with E-state index in [1.54, 1.807) is 12.4 Å². The van der Waals surface area contributed by atoms with Gasteiger partial charge in [0.05, 0.1) is 5.56 Å². The number of hydrogen-bond acceptors (Lipinski definition) is 2. The number of aromatic nitrogens is 2. The first-order valence-corrected chi connectivity index (χ1v) is 6.91. The highest BCUT2D eigenvalue weighted by molar-refractivity contribution is 5.78. The van der Waals surface area contributed by atoms with E-state index in [-0.39, 0.29) is 11.9 Å². The Morgan fingerprint density at radius 1 is 1.27 bits per heavy atom. The van der Waals surface area contributed by atoms with E-state index < -0.39 is 11.7 Å². The zero-order valence-corrected chi connectivity index (χ0v) is 11.6. The number of amides is 1. The highest BCUT2D eigenvalue weighted by atomic mass is 19.4. The first-order valence-electron chi connectivity index (χ1n) is 6.91. The molecule has 1 aromatic heterocycles. The number of nitrogens with zero attached hydrogens (tertiary/aromatic N) is 2. The van der Waals surface area contributed by atoms with Gasteiger partial charge in [0.25, 0.3) is 0 Å². The number of hydrogen-bond donors (Lipinski definition) is 1. The van der Waals surface area contributed by atoms with Crippen molar-refractivity contribution in [3.8, 4) is 11.4 Å². The van der Waals surface area contributed by atoms with Gasteiger partial charge in [-0.2, -0.15) is 13.2 Å². The van der Waals surface area contributed by atoms with Crippen molar-refractivity contribution >= 4 is 5.91 Å². The van der Waals surface area contributed by atoms with Crippen LogP contribution in [0.2, 0.25) is 0 Å². The maximum Gasteiger partial charge on any atom is 0.416 e. The Morgan fingerprint density at radius 2 is 2.00 bits per heavy atom. The first kappa shape index (κ1) is 14.6. The van der Waals surface area contributed by atoms with Crippen molar-refractivity contribution in [3.05, 3.63) is 42.2 Å². The standard InChI is InChI=1S/C15H14F3N3O/c16-15(17,18)11-3-1-10(2-4-11)14-19-7-8-21(14)9-12-5-6-13(22)20-12/h1-4,7-8,12H,5-6,9H2,(H,20,22). The van der Waals surface area contributed by atoms with Crippen LogP contribution in [0.25, 0.3) is 11.4 Å². The van der Waals surface area contributed by atoms with E-state index >= 15 is 0 Å². The second-order valence-electron chi connectivity index (χ2n) is 5.28. The molecule has 1 unspecified atom stereocenters. The van der Waals surface area contributed by atoms with Crippen LogP contribution in [0.5, 0.6) is 0 Å². The molecule has 2 aromatic rings. The van der Waals surface area contributed by atoms with E-state index in [1.807, 2.05) is 4.57 Å². The molecule has 4 nitrogen and oxygen atoms in total. The average Bonchev–Trinajstić information content (AvgIpc) is 3.08. The molecule has 1 fully saturated rings. The fourth-order valence-corrected chi connectivity index (χ4v) is 2.58. The van der Waals surface area contributed by atoms with Crippen molar-refractivity contribution in [2.45, 2.75) is 31.6 Å². The summed E-state index contributed by atoms with van der Waals surface area (Å²) >= 11 is 0. The lowest BCUT2D eigenvalue weighted by Gasteiger charge is -2.14. The molecule has 1 aliphatic heterocycles. The molecule has 0 radical (unpaired) electrons. The molecule has 7 heteroatoms. The molecule has 0 saturated carbocycles. The second kappa shape index (κ2) is 5.47. The van der Waals surface area contributed by atoms with Gasteiger partial charge in [0.1, 0.15) is 5.82 Å². The van der Waals surface area contributed by atoms with Gasteiger partial charge in [0.15, 0.2) is 0 Å². The van der Waals surface area contributed by atoms with Crippen LogP contribution in [-0.2, 0) is 17.5 Å². The molecular weight excluding hydrogens is 295 g/mol. The van der Waals surface area contributed by atoms with Crippen LogP contribution < -0.4 is 5.32 Å². The predicted octanol–water partition coefficient (Wildman–Crippen LogP) is 2.85. The SMILES string of the molecule is O=C1CCC(Cn2ccnc2-c2ccc(C(F)(F)F)cc2)N1. The van der Waals surface area contributed by atoms with Gasteiger partial charge >= 0.3 is 6.18 Å². The van der Waals surface area contributed by atoms with Gasteiger partial charge in [0, 0.05) is 37.0 Å². The van der Waals surface area contributed by atoms with Gasteiger partial charge in [-0.05, 0) is 18.6 Å². The van der Waals surface area contributed by atoms with Crippen LogP contribution in [0.15, 0.2) is 36.7 Å². The normalized spacial score (nSPS) is 18.5. The van der Waals surface area contributed by atoms with Gasteiger partial charge in [0.2, 0.25) is 5.91 Å². The molecule has 22 heavy (non-hydrogen) atoms. The molecule has 1 N–H and O–H groups in total. The molecule has 0 spiro atoms. The Kier molecular flexibility index (Phi) is 3.64. The number of rotatable bonds is 3. The third-order valence-corrected chi connectivity index (χ3v) is 3.69. The van der Waals surface area contributed by atoms with Gasteiger partial charge in [-0.3, -0.25) is 4.79 Å².